The number of carbonyl (C=O) groups is 1. The lowest BCUT2D eigenvalue weighted by atomic mass is 10.3. The summed E-state index contributed by atoms with van der Waals surface area (Å²) in [5.41, 5.74) is 0.378. The Kier molecular flexibility index (Phi) is 3.40. The summed E-state index contributed by atoms with van der Waals surface area (Å²) in [5.74, 6) is 0.181. The first-order valence-corrected chi connectivity index (χ1v) is 4.94. The number of hydrogen-bond acceptors (Lipinski definition) is 3. The number of furan rings is 1. The van der Waals surface area contributed by atoms with E-state index in [1.165, 1.54) is 18.4 Å². The highest BCUT2D eigenvalue weighted by Gasteiger charge is 2.05. The summed E-state index contributed by atoms with van der Waals surface area (Å²) in [5, 5.41) is 2.35. The van der Waals surface area contributed by atoms with Crippen LogP contribution in [-0.4, -0.2) is 6.41 Å². The Morgan fingerprint density at radius 3 is 2.94 bits per heavy atom. The van der Waals surface area contributed by atoms with Gasteiger partial charge in [-0.25, -0.2) is 4.39 Å². The van der Waals surface area contributed by atoms with E-state index < -0.39 is 5.82 Å². The minimum Gasteiger partial charge on any atom is -0.483 e. The lowest BCUT2D eigenvalue weighted by Gasteiger charge is -2.06. The second-order valence-electron chi connectivity index (χ2n) is 3.28. The third kappa shape index (κ3) is 2.84. The first-order chi connectivity index (χ1) is 8.29. The summed E-state index contributed by atoms with van der Waals surface area (Å²) in [6, 6.07) is 7.65. The molecule has 2 rings (SSSR count). The van der Waals surface area contributed by atoms with Gasteiger partial charge in [-0.1, -0.05) is 0 Å². The molecule has 1 aromatic carbocycles. The third-order valence-corrected chi connectivity index (χ3v) is 2.11. The molecule has 0 saturated heterocycles. The van der Waals surface area contributed by atoms with Gasteiger partial charge in [0.25, 0.3) is 0 Å². The summed E-state index contributed by atoms with van der Waals surface area (Å²) in [4.78, 5) is 10.2. The number of hydrogen-bond donors (Lipinski definition) is 1. The second kappa shape index (κ2) is 5.16. The predicted molar refractivity (Wildman–Crippen MR) is 59.1 cm³/mol. The molecule has 1 amide bonds. The quantitative estimate of drug-likeness (QED) is 0.810. The van der Waals surface area contributed by atoms with Gasteiger partial charge < -0.3 is 14.5 Å². The Labute approximate surface area is 97.0 Å². The molecular weight excluding hydrogens is 225 g/mol. The number of rotatable bonds is 5. The number of benzene rings is 1. The van der Waals surface area contributed by atoms with E-state index in [0.717, 1.165) is 0 Å². The fourth-order valence-corrected chi connectivity index (χ4v) is 1.32. The molecule has 1 heterocycles. The van der Waals surface area contributed by atoms with Crippen LogP contribution in [0.5, 0.6) is 5.75 Å². The minimum absolute atomic E-state index is 0.109. The summed E-state index contributed by atoms with van der Waals surface area (Å²) >= 11 is 0. The Morgan fingerprint density at radius 1 is 1.41 bits per heavy atom. The molecule has 0 bridgehead atoms. The number of amides is 1. The van der Waals surface area contributed by atoms with Crippen LogP contribution in [0.2, 0.25) is 0 Å². The zero-order valence-corrected chi connectivity index (χ0v) is 8.85. The molecule has 88 valence electrons. The standard InChI is InChI=1S/C12H10FNO3/c13-11-6-9(14-8-15)3-4-12(11)17-7-10-2-1-5-16-10/h1-6,8H,7H2,(H,14,15). The van der Waals surface area contributed by atoms with E-state index in [1.54, 1.807) is 18.2 Å². The van der Waals surface area contributed by atoms with Gasteiger partial charge in [0.2, 0.25) is 6.41 Å². The van der Waals surface area contributed by atoms with E-state index in [2.05, 4.69) is 5.32 Å². The molecule has 17 heavy (non-hydrogen) atoms. The molecule has 0 unspecified atom stereocenters. The first kappa shape index (κ1) is 11.2. The van der Waals surface area contributed by atoms with Gasteiger partial charge in [-0.3, -0.25) is 4.79 Å². The Morgan fingerprint density at radius 2 is 2.29 bits per heavy atom. The van der Waals surface area contributed by atoms with Crippen molar-refractivity contribution in [2.24, 2.45) is 0 Å². The number of halogens is 1. The van der Waals surface area contributed by atoms with E-state index in [-0.39, 0.29) is 12.4 Å². The number of ether oxygens (including phenoxy) is 1. The van der Waals surface area contributed by atoms with Crippen molar-refractivity contribution in [2.45, 2.75) is 6.61 Å². The molecule has 5 heteroatoms. The first-order valence-electron chi connectivity index (χ1n) is 4.94. The van der Waals surface area contributed by atoms with E-state index >= 15 is 0 Å². The molecule has 0 fully saturated rings. The van der Waals surface area contributed by atoms with E-state index in [0.29, 0.717) is 17.9 Å². The van der Waals surface area contributed by atoms with Crippen molar-refractivity contribution in [3.63, 3.8) is 0 Å². The van der Waals surface area contributed by atoms with Gasteiger partial charge >= 0.3 is 0 Å². The normalized spacial score (nSPS) is 9.94. The monoisotopic (exact) mass is 235 g/mol. The van der Waals surface area contributed by atoms with E-state index in [1.807, 2.05) is 0 Å². The highest BCUT2D eigenvalue weighted by Crippen LogP contribution is 2.21. The van der Waals surface area contributed by atoms with Crippen molar-refractivity contribution in [2.75, 3.05) is 5.32 Å². The van der Waals surface area contributed by atoms with Crippen molar-refractivity contribution in [1.82, 2.24) is 0 Å². The minimum atomic E-state index is -0.539. The van der Waals surface area contributed by atoms with Crippen molar-refractivity contribution >= 4 is 12.1 Å². The van der Waals surface area contributed by atoms with Gasteiger partial charge in [0, 0.05) is 11.8 Å². The molecule has 0 aliphatic rings. The second-order valence-corrected chi connectivity index (χ2v) is 3.28. The van der Waals surface area contributed by atoms with Crippen molar-refractivity contribution in [1.29, 1.82) is 0 Å². The molecule has 0 spiro atoms. The molecule has 1 aromatic heterocycles. The fourth-order valence-electron chi connectivity index (χ4n) is 1.32. The van der Waals surface area contributed by atoms with Gasteiger partial charge in [-0.15, -0.1) is 0 Å². The molecular formula is C12H10FNO3. The lowest BCUT2D eigenvalue weighted by Crippen LogP contribution is -1.98. The molecule has 0 atom stereocenters. The average molecular weight is 235 g/mol. The van der Waals surface area contributed by atoms with Crippen LogP contribution in [0.25, 0.3) is 0 Å². The molecule has 0 radical (unpaired) electrons. The summed E-state index contributed by atoms with van der Waals surface area (Å²) < 4.78 is 23.8. The van der Waals surface area contributed by atoms with E-state index in [4.69, 9.17) is 9.15 Å². The van der Waals surface area contributed by atoms with Crippen LogP contribution in [0.15, 0.2) is 41.0 Å². The number of carbonyl (C=O) groups excluding carboxylic acids is 1. The zero-order valence-electron chi connectivity index (χ0n) is 8.85. The molecule has 0 aliphatic heterocycles. The maximum atomic E-state index is 13.5. The maximum Gasteiger partial charge on any atom is 0.211 e. The largest absolute Gasteiger partial charge is 0.483 e. The SMILES string of the molecule is O=CNc1ccc(OCc2ccco2)c(F)c1. The Balaban J connectivity index is 2.03. The highest BCUT2D eigenvalue weighted by atomic mass is 19.1. The van der Waals surface area contributed by atoms with Crippen LogP contribution in [0.1, 0.15) is 5.76 Å². The smallest absolute Gasteiger partial charge is 0.211 e. The average Bonchev–Trinajstić information content (AvgIpc) is 2.81. The topological polar surface area (TPSA) is 51.5 Å². The van der Waals surface area contributed by atoms with E-state index in [9.17, 15) is 9.18 Å². The lowest BCUT2D eigenvalue weighted by molar-refractivity contribution is -0.105. The van der Waals surface area contributed by atoms with Crippen molar-refractivity contribution in [3.8, 4) is 5.75 Å². The van der Waals surface area contributed by atoms with Crippen LogP contribution in [0, 0.1) is 5.82 Å². The molecule has 1 N–H and O–H groups in total. The Bertz CT molecular complexity index is 496. The maximum absolute atomic E-state index is 13.5. The van der Waals surface area contributed by atoms with Gasteiger partial charge in [-0.05, 0) is 24.3 Å². The highest BCUT2D eigenvalue weighted by molar-refractivity contribution is 5.71. The molecule has 2 aromatic rings. The third-order valence-electron chi connectivity index (χ3n) is 2.11. The molecule has 0 saturated carbocycles. The summed E-state index contributed by atoms with van der Waals surface area (Å²) in [6.07, 6.45) is 2.00. The van der Waals surface area contributed by atoms with Crippen molar-refractivity contribution in [3.05, 3.63) is 48.2 Å². The number of anilines is 1. The van der Waals surface area contributed by atoms with Crippen LogP contribution in [-0.2, 0) is 11.4 Å². The van der Waals surface area contributed by atoms with Crippen LogP contribution in [0.4, 0.5) is 10.1 Å². The van der Waals surface area contributed by atoms with Crippen LogP contribution < -0.4 is 10.1 Å². The van der Waals surface area contributed by atoms with Crippen molar-refractivity contribution < 1.29 is 18.3 Å². The van der Waals surface area contributed by atoms with Crippen LogP contribution >= 0.6 is 0 Å². The van der Waals surface area contributed by atoms with Gasteiger partial charge in [-0.2, -0.15) is 0 Å². The fraction of sp³-hybridized carbons (Fsp3) is 0.0833. The Hall–Kier alpha value is -2.30. The predicted octanol–water partition coefficient (Wildman–Crippen LogP) is 2.57. The molecule has 0 aliphatic carbocycles. The van der Waals surface area contributed by atoms with Gasteiger partial charge in [0.05, 0.1) is 6.26 Å². The zero-order chi connectivity index (χ0) is 12.1. The van der Waals surface area contributed by atoms with Gasteiger partial charge in [0.1, 0.15) is 12.4 Å². The summed E-state index contributed by atoms with van der Waals surface area (Å²) in [7, 11) is 0. The van der Waals surface area contributed by atoms with Gasteiger partial charge in [0.15, 0.2) is 11.6 Å². The number of nitrogens with one attached hydrogen (secondary N) is 1. The van der Waals surface area contributed by atoms with Crippen LogP contribution in [0.3, 0.4) is 0 Å². The summed E-state index contributed by atoms with van der Waals surface area (Å²) in [6.45, 7) is 0.157. The molecule has 4 nitrogen and oxygen atoms in total.